The van der Waals surface area contributed by atoms with Gasteiger partial charge in [0.25, 0.3) is 0 Å². The maximum absolute atomic E-state index is 13.0. The first-order valence-corrected chi connectivity index (χ1v) is 8.51. The standard InChI is InChI=1S/C20H16ClNO3/c21-12-9-15-13-7-4-8-14(13)18(20(24)25)22-17(15)16(10-12)19(23)11-5-2-1-3-6-11/h1-7,9-10,13-14,18,22H,8H2,(H,24,25)/p-1/t13-,14-,18+/m1/s1. The number of allylic oxidation sites excluding steroid dienone is 2. The fourth-order valence-corrected chi connectivity index (χ4v) is 4.05. The second-order valence-electron chi connectivity index (χ2n) is 6.41. The van der Waals surface area contributed by atoms with E-state index in [0.29, 0.717) is 28.3 Å². The van der Waals surface area contributed by atoms with Gasteiger partial charge in [-0.1, -0.05) is 54.1 Å². The summed E-state index contributed by atoms with van der Waals surface area (Å²) in [7, 11) is 0. The molecule has 1 N–H and O–H groups in total. The lowest BCUT2D eigenvalue weighted by Gasteiger charge is -2.38. The molecular weight excluding hydrogens is 338 g/mol. The number of carboxylic acids is 1. The van der Waals surface area contributed by atoms with Gasteiger partial charge in [0.15, 0.2) is 5.78 Å². The molecular formula is C20H15ClNO3-. The van der Waals surface area contributed by atoms with Gasteiger partial charge in [0, 0.05) is 27.8 Å². The summed E-state index contributed by atoms with van der Waals surface area (Å²) < 4.78 is 0. The molecule has 4 nitrogen and oxygen atoms in total. The van der Waals surface area contributed by atoms with Crippen LogP contribution >= 0.6 is 11.6 Å². The maximum atomic E-state index is 13.0. The molecule has 4 rings (SSSR count). The van der Waals surface area contributed by atoms with Gasteiger partial charge in [-0.2, -0.15) is 0 Å². The predicted octanol–water partition coefficient (Wildman–Crippen LogP) is 2.77. The molecule has 1 aliphatic heterocycles. The molecule has 1 aliphatic carbocycles. The van der Waals surface area contributed by atoms with E-state index in [1.165, 1.54) is 0 Å². The van der Waals surface area contributed by atoms with Crippen LogP contribution in [0.3, 0.4) is 0 Å². The van der Waals surface area contributed by atoms with Crippen molar-refractivity contribution in [3.05, 3.63) is 76.3 Å². The van der Waals surface area contributed by atoms with E-state index in [1.807, 2.05) is 24.3 Å². The van der Waals surface area contributed by atoms with Gasteiger partial charge in [0.1, 0.15) is 0 Å². The highest BCUT2D eigenvalue weighted by molar-refractivity contribution is 6.31. The molecule has 0 saturated heterocycles. The molecule has 126 valence electrons. The molecule has 0 spiro atoms. The first-order valence-electron chi connectivity index (χ1n) is 8.13. The minimum atomic E-state index is -1.16. The zero-order valence-corrected chi connectivity index (χ0v) is 14.0. The average molecular weight is 353 g/mol. The Kier molecular flexibility index (Phi) is 3.85. The Morgan fingerprint density at radius 2 is 1.92 bits per heavy atom. The number of anilines is 1. The first-order chi connectivity index (χ1) is 12.1. The molecule has 0 fully saturated rings. The van der Waals surface area contributed by atoms with Crippen molar-refractivity contribution in [2.45, 2.75) is 18.4 Å². The third-order valence-corrected chi connectivity index (χ3v) is 5.19. The lowest BCUT2D eigenvalue weighted by Crippen LogP contribution is -2.49. The molecule has 2 aromatic rings. The van der Waals surface area contributed by atoms with E-state index in [1.54, 1.807) is 30.3 Å². The lowest BCUT2D eigenvalue weighted by atomic mass is 9.78. The summed E-state index contributed by atoms with van der Waals surface area (Å²) in [6.07, 6.45) is 4.62. The molecule has 0 amide bonds. The van der Waals surface area contributed by atoms with Crippen molar-refractivity contribution in [3.8, 4) is 0 Å². The topological polar surface area (TPSA) is 69.2 Å². The zero-order valence-electron chi connectivity index (χ0n) is 13.2. The van der Waals surface area contributed by atoms with Crippen molar-refractivity contribution in [3.63, 3.8) is 0 Å². The van der Waals surface area contributed by atoms with Crippen LogP contribution in [0.15, 0.2) is 54.6 Å². The minimum Gasteiger partial charge on any atom is -0.548 e. The first kappa shape index (κ1) is 15.9. The molecule has 2 aliphatic rings. The quantitative estimate of drug-likeness (QED) is 0.681. The Morgan fingerprint density at radius 3 is 2.64 bits per heavy atom. The summed E-state index contributed by atoms with van der Waals surface area (Å²) >= 11 is 6.27. The van der Waals surface area contributed by atoms with Crippen LogP contribution in [-0.4, -0.2) is 17.8 Å². The van der Waals surface area contributed by atoms with E-state index in [4.69, 9.17) is 11.6 Å². The Bertz CT molecular complexity index is 891. The molecule has 0 bridgehead atoms. The van der Waals surface area contributed by atoms with Crippen molar-refractivity contribution < 1.29 is 14.7 Å². The van der Waals surface area contributed by atoms with E-state index in [0.717, 1.165) is 5.56 Å². The normalized spacial score (nSPS) is 23.5. The largest absolute Gasteiger partial charge is 0.548 e. The molecule has 0 unspecified atom stereocenters. The van der Waals surface area contributed by atoms with Crippen molar-refractivity contribution in [2.75, 3.05) is 5.32 Å². The number of carbonyl (C=O) groups excluding carboxylic acids is 2. The van der Waals surface area contributed by atoms with Gasteiger partial charge in [0.2, 0.25) is 0 Å². The highest BCUT2D eigenvalue weighted by Gasteiger charge is 2.39. The van der Waals surface area contributed by atoms with Gasteiger partial charge in [-0.05, 0) is 30.0 Å². The fraction of sp³-hybridized carbons (Fsp3) is 0.200. The second kappa shape index (κ2) is 6.05. The fourth-order valence-electron chi connectivity index (χ4n) is 3.82. The number of hydrogen-bond donors (Lipinski definition) is 1. The Labute approximate surface area is 150 Å². The number of hydrogen-bond acceptors (Lipinski definition) is 4. The number of nitrogens with one attached hydrogen (secondary N) is 1. The van der Waals surface area contributed by atoms with Crippen molar-refractivity contribution in [2.24, 2.45) is 5.92 Å². The van der Waals surface area contributed by atoms with Crippen LogP contribution in [-0.2, 0) is 4.79 Å². The summed E-state index contributed by atoms with van der Waals surface area (Å²) in [5, 5.41) is 15.1. The maximum Gasteiger partial charge on any atom is 0.195 e. The molecule has 2 aromatic carbocycles. The predicted molar refractivity (Wildman–Crippen MR) is 93.7 cm³/mol. The summed E-state index contributed by atoms with van der Waals surface area (Å²) in [6, 6.07) is 11.4. The van der Waals surface area contributed by atoms with Crippen LogP contribution < -0.4 is 10.4 Å². The van der Waals surface area contributed by atoms with Gasteiger partial charge >= 0.3 is 0 Å². The highest BCUT2D eigenvalue weighted by atomic mass is 35.5. The van der Waals surface area contributed by atoms with Crippen LogP contribution in [0.4, 0.5) is 5.69 Å². The van der Waals surface area contributed by atoms with E-state index >= 15 is 0 Å². The van der Waals surface area contributed by atoms with E-state index < -0.39 is 12.0 Å². The van der Waals surface area contributed by atoms with Crippen LogP contribution in [0.1, 0.15) is 33.8 Å². The van der Waals surface area contributed by atoms with Crippen LogP contribution in [0.2, 0.25) is 5.02 Å². The second-order valence-corrected chi connectivity index (χ2v) is 6.84. The van der Waals surface area contributed by atoms with E-state index in [-0.39, 0.29) is 17.6 Å². The minimum absolute atomic E-state index is 0.0832. The monoisotopic (exact) mass is 352 g/mol. The molecule has 3 atom stereocenters. The summed E-state index contributed by atoms with van der Waals surface area (Å²) in [5.74, 6) is -1.56. The van der Waals surface area contributed by atoms with Gasteiger partial charge in [-0.15, -0.1) is 0 Å². The number of carboxylic acid groups (broad SMARTS) is 1. The summed E-state index contributed by atoms with van der Waals surface area (Å²) in [5.41, 5.74) is 2.32. The smallest absolute Gasteiger partial charge is 0.195 e. The number of aliphatic carboxylic acids is 1. The molecule has 5 heteroatoms. The molecule has 0 saturated carbocycles. The van der Waals surface area contributed by atoms with Crippen LogP contribution in [0.25, 0.3) is 0 Å². The third kappa shape index (κ3) is 2.63. The molecule has 0 aromatic heterocycles. The van der Waals surface area contributed by atoms with Gasteiger partial charge < -0.3 is 15.2 Å². The lowest BCUT2D eigenvalue weighted by molar-refractivity contribution is -0.308. The van der Waals surface area contributed by atoms with E-state index in [2.05, 4.69) is 5.32 Å². The number of benzene rings is 2. The number of ketones is 1. The summed E-state index contributed by atoms with van der Waals surface area (Å²) in [6.45, 7) is 0. The Morgan fingerprint density at radius 1 is 1.16 bits per heavy atom. The molecule has 25 heavy (non-hydrogen) atoms. The van der Waals surface area contributed by atoms with E-state index in [9.17, 15) is 14.7 Å². The Hall–Kier alpha value is -2.59. The zero-order chi connectivity index (χ0) is 17.6. The SMILES string of the molecule is O=C(c1ccccc1)c1cc(Cl)cc2c1N[C@H](C(=O)[O-])[C@@H]1CC=C[C@@H]21. The number of fused-ring (bicyclic) bond motifs is 3. The average Bonchev–Trinajstić information content (AvgIpc) is 3.10. The van der Waals surface area contributed by atoms with Crippen molar-refractivity contribution >= 4 is 29.0 Å². The van der Waals surface area contributed by atoms with Crippen molar-refractivity contribution in [1.82, 2.24) is 0 Å². The van der Waals surface area contributed by atoms with Gasteiger partial charge in [-0.25, -0.2) is 0 Å². The highest BCUT2D eigenvalue weighted by Crippen LogP contribution is 2.46. The summed E-state index contributed by atoms with van der Waals surface area (Å²) in [4.78, 5) is 24.6. The number of carbonyl (C=O) groups is 2. The molecule has 1 heterocycles. The van der Waals surface area contributed by atoms with Crippen LogP contribution in [0, 0.1) is 5.92 Å². The number of halogens is 1. The Balaban J connectivity index is 1.87. The van der Waals surface area contributed by atoms with Gasteiger partial charge in [-0.3, -0.25) is 4.79 Å². The number of rotatable bonds is 3. The van der Waals surface area contributed by atoms with Gasteiger partial charge in [0.05, 0.1) is 12.0 Å². The third-order valence-electron chi connectivity index (χ3n) is 4.97. The van der Waals surface area contributed by atoms with Crippen molar-refractivity contribution in [1.29, 1.82) is 0 Å². The molecule has 0 radical (unpaired) electrons. The van der Waals surface area contributed by atoms with Crippen LogP contribution in [0.5, 0.6) is 0 Å².